The number of hydrogen-bond donors (Lipinski definition) is 1. The van der Waals surface area contributed by atoms with Gasteiger partial charge in [-0.05, 0) is 12.1 Å². The largest absolute Gasteiger partial charge is 0.443 e. The average Bonchev–Trinajstić information content (AvgIpc) is 2.59. The normalized spacial score (nSPS) is 11.8. The highest BCUT2D eigenvalue weighted by Gasteiger charge is 2.24. The third kappa shape index (κ3) is 3.16. The van der Waals surface area contributed by atoms with Crippen molar-refractivity contribution in [2.75, 3.05) is 0 Å². The van der Waals surface area contributed by atoms with Gasteiger partial charge in [0.05, 0.1) is 17.2 Å². The zero-order valence-electron chi connectivity index (χ0n) is 12.0. The van der Waals surface area contributed by atoms with Gasteiger partial charge in [0.1, 0.15) is 0 Å². The lowest BCUT2D eigenvalue weighted by molar-refractivity contribution is -0.127. The fraction of sp³-hybridized carbons (Fsp3) is 0.0588. The highest BCUT2D eigenvalue weighted by Crippen LogP contribution is 2.19. The molecule has 0 spiro atoms. The van der Waals surface area contributed by atoms with Gasteiger partial charge in [0.15, 0.2) is 5.69 Å². The molecular formula is C17H13N3O3. The quantitative estimate of drug-likeness (QED) is 0.744. The second-order valence-corrected chi connectivity index (χ2v) is 4.84. The van der Waals surface area contributed by atoms with Gasteiger partial charge in [-0.2, -0.15) is 0 Å². The molecule has 1 amide bonds. The Labute approximate surface area is 131 Å². The number of carbonyl (C=O) groups excluding carboxylic acids is 2. The summed E-state index contributed by atoms with van der Waals surface area (Å²) in [6, 6.07) is 15.7. The first-order valence-electron chi connectivity index (χ1n) is 6.92. The maximum absolute atomic E-state index is 12.2. The third-order valence-corrected chi connectivity index (χ3v) is 3.24. The van der Waals surface area contributed by atoms with Crippen molar-refractivity contribution in [2.24, 2.45) is 5.73 Å². The molecule has 114 valence electrons. The summed E-state index contributed by atoms with van der Waals surface area (Å²) in [5.41, 5.74) is 7.09. The van der Waals surface area contributed by atoms with E-state index in [2.05, 4.69) is 9.97 Å². The number of rotatable bonds is 4. The minimum atomic E-state index is -1.17. The molecule has 0 fully saturated rings. The van der Waals surface area contributed by atoms with E-state index in [4.69, 9.17) is 10.5 Å². The molecule has 6 nitrogen and oxygen atoms in total. The molecule has 0 bridgehead atoms. The fourth-order valence-corrected chi connectivity index (χ4v) is 2.14. The van der Waals surface area contributed by atoms with E-state index >= 15 is 0 Å². The van der Waals surface area contributed by atoms with Crippen molar-refractivity contribution in [3.8, 4) is 0 Å². The highest BCUT2D eigenvalue weighted by atomic mass is 16.5. The Bertz CT molecular complexity index is 865. The summed E-state index contributed by atoms with van der Waals surface area (Å²) in [6.07, 6.45) is 0.144. The van der Waals surface area contributed by atoms with E-state index in [-0.39, 0.29) is 5.69 Å². The number of primary amides is 1. The fourth-order valence-electron chi connectivity index (χ4n) is 2.14. The van der Waals surface area contributed by atoms with E-state index in [1.165, 1.54) is 6.20 Å². The SMILES string of the molecule is NC(=O)[C@H](OC(=O)c1cnc2ccccc2n1)c1ccccc1. The summed E-state index contributed by atoms with van der Waals surface area (Å²) in [4.78, 5) is 32.2. The molecule has 23 heavy (non-hydrogen) atoms. The smallest absolute Gasteiger partial charge is 0.359 e. The standard InChI is InChI=1S/C17H13N3O3/c18-16(21)15(11-6-2-1-3-7-11)23-17(22)14-10-19-12-8-4-5-9-13(12)20-14/h1-10,15H,(H2,18,21)/t15-/m1/s1. The summed E-state index contributed by atoms with van der Waals surface area (Å²) in [7, 11) is 0. The second kappa shape index (κ2) is 6.23. The van der Waals surface area contributed by atoms with E-state index in [0.717, 1.165) is 0 Å². The first kappa shape index (κ1) is 14.6. The zero-order chi connectivity index (χ0) is 16.2. The number of nitrogens with two attached hydrogens (primary N) is 1. The van der Waals surface area contributed by atoms with Crippen molar-refractivity contribution < 1.29 is 14.3 Å². The van der Waals surface area contributed by atoms with Gasteiger partial charge in [0.2, 0.25) is 6.10 Å². The molecule has 3 aromatic rings. The number of carbonyl (C=O) groups is 2. The summed E-state index contributed by atoms with van der Waals surface area (Å²) in [6.45, 7) is 0. The summed E-state index contributed by atoms with van der Waals surface area (Å²) in [5.74, 6) is -1.51. The van der Waals surface area contributed by atoms with Crippen molar-refractivity contribution in [2.45, 2.75) is 6.10 Å². The van der Waals surface area contributed by atoms with Crippen LogP contribution < -0.4 is 5.73 Å². The second-order valence-electron chi connectivity index (χ2n) is 4.84. The Morgan fingerprint density at radius 3 is 2.30 bits per heavy atom. The topological polar surface area (TPSA) is 95.2 Å². The van der Waals surface area contributed by atoms with Crippen molar-refractivity contribution in [1.29, 1.82) is 0 Å². The van der Waals surface area contributed by atoms with Crippen molar-refractivity contribution in [3.63, 3.8) is 0 Å². The first-order valence-corrected chi connectivity index (χ1v) is 6.92. The molecule has 1 heterocycles. The van der Waals surface area contributed by atoms with Gasteiger partial charge < -0.3 is 10.5 Å². The van der Waals surface area contributed by atoms with Crippen molar-refractivity contribution in [1.82, 2.24) is 9.97 Å². The van der Waals surface area contributed by atoms with Gasteiger partial charge in [-0.25, -0.2) is 9.78 Å². The Balaban J connectivity index is 1.87. The Hall–Kier alpha value is -3.28. The molecule has 0 aliphatic carbocycles. The molecule has 0 aliphatic rings. The molecule has 0 unspecified atom stereocenters. The molecule has 1 atom stereocenters. The van der Waals surface area contributed by atoms with Crippen LogP contribution in [-0.4, -0.2) is 21.8 Å². The molecule has 0 saturated heterocycles. The predicted octanol–water partition coefficient (Wildman–Crippen LogP) is 2.01. The van der Waals surface area contributed by atoms with Gasteiger partial charge in [0.25, 0.3) is 5.91 Å². The van der Waals surface area contributed by atoms with Crippen LogP contribution in [0.3, 0.4) is 0 Å². The van der Waals surface area contributed by atoms with E-state index in [1.54, 1.807) is 48.5 Å². The molecule has 3 rings (SSSR count). The maximum atomic E-state index is 12.2. The molecule has 0 aliphatic heterocycles. The molecule has 6 heteroatoms. The van der Waals surface area contributed by atoms with Crippen molar-refractivity contribution in [3.05, 3.63) is 72.1 Å². The number of fused-ring (bicyclic) bond motifs is 1. The van der Waals surface area contributed by atoms with E-state index in [0.29, 0.717) is 16.6 Å². The summed E-state index contributed by atoms with van der Waals surface area (Å²) >= 11 is 0. The molecular weight excluding hydrogens is 294 g/mol. The van der Waals surface area contributed by atoms with Crippen LogP contribution in [0.1, 0.15) is 22.2 Å². The summed E-state index contributed by atoms with van der Waals surface area (Å²) < 4.78 is 5.22. The van der Waals surface area contributed by atoms with Crippen LogP contribution in [-0.2, 0) is 9.53 Å². The van der Waals surface area contributed by atoms with Crippen LogP contribution in [0.4, 0.5) is 0 Å². The first-order chi connectivity index (χ1) is 11.1. The van der Waals surface area contributed by atoms with E-state index in [1.807, 2.05) is 6.07 Å². The van der Waals surface area contributed by atoms with Gasteiger partial charge >= 0.3 is 5.97 Å². The lowest BCUT2D eigenvalue weighted by atomic mass is 10.1. The molecule has 2 N–H and O–H groups in total. The number of nitrogens with zero attached hydrogens (tertiary/aromatic N) is 2. The molecule has 2 aromatic carbocycles. The number of hydrogen-bond acceptors (Lipinski definition) is 5. The predicted molar refractivity (Wildman–Crippen MR) is 83.3 cm³/mol. The van der Waals surface area contributed by atoms with Gasteiger partial charge in [-0.3, -0.25) is 9.78 Å². The van der Waals surface area contributed by atoms with Crippen LogP contribution in [0, 0.1) is 0 Å². The lowest BCUT2D eigenvalue weighted by Crippen LogP contribution is -2.26. The van der Waals surface area contributed by atoms with E-state index < -0.39 is 18.0 Å². The monoisotopic (exact) mass is 307 g/mol. The zero-order valence-corrected chi connectivity index (χ0v) is 12.0. The van der Waals surface area contributed by atoms with Crippen LogP contribution >= 0.6 is 0 Å². The van der Waals surface area contributed by atoms with Crippen LogP contribution in [0.25, 0.3) is 11.0 Å². The average molecular weight is 307 g/mol. The molecule has 1 aromatic heterocycles. The number of esters is 1. The van der Waals surface area contributed by atoms with Crippen LogP contribution in [0.2, 0.25) is 0 Å². The molecule has 0 radical (unpaired) electrons. The number of amides is 1. The maximum Gasteiger partial charge on any atom is 0.359 e. The van der Waals surface area contributed by atoms with Crippen LogP contribution in [0.5, 0.6) is 0 Å². The lowest BCUT2D eigenvalue weighted by Gasteiger charge is -2.14. The highest BCUT2D eigenvalue weighted by molar-refractivity contribution is 5.92. The van der Waals surface area contributed by atoms with Crippen LogP contribution in [0.15, 0.2) is 60.8 Å². The number of para-hydroxylation sites is 2. The number of ether oxygens (including phenoxy) is 1. The van der Waals surface area contributed by atoms with Crippen molar-refractivity contribution >= 4 is 22.9 Å². The van der Waals surface area contributed by atoms with Gasteiger partial charge in [-0.15, -0.1) is 0 Å². The minimum absolute atomic E-state index is 0.0193. The summed E-state index contributed by atoms with van der Waals surface area (Å²) in [5, 5.41) is 0. The Kier molecular flexibility index (Phi) is 3.97. The Morgan fingerprint density at radius 2 is 1.61 bits per heavy atom. The number of benzene rings is 2. The minimum Gasteiger partial charge on any atom is -0.443 e. The van der Waals surface area contributed by atoms with E-state index in [9.17, 15) is 9.59 Å². The Morgan fingerprint density at radius 1 is 0.957 bits per heavy atom. The third-order valence-electron chi connectivity index (χ3n) is 3.24. The van der Waals surface area contributed by atoms with Gasteiger partial charge in [0, 0.05) is 5.56 Å². The molecule has 0 saturated carbocycles. The number of aromatic nitrogens is 2. The van der Waals surface area contributed by atoms with Gasteiger partial charge in [-0.1, -0.05) is 42.5 Å².